The monoisotopic (exact) mass is 370 g/mol. The first-order chi connectivity index (χ1) is 10.8. The van der Waals surface area contributed by atoms with Gasteiger partial charge in [0.2, 0.25) is 0 Å². The fourth-order valence-electron chi connectivity index (χ4n) is 5.05. The first-order valence-electron chi connectivity index (χ1n) is 9.23. The number of rotatable bonds is 2. The third kappa shape index (κ3) is 2.58. The van der Waals surface area contributed by atoms with Gasteiger partial charge in [-0.25, -0.2) is 0 Å². The molecule has 0 saturated heterocycles. The molecular weight excluding hydrogens is 343 g/mol. The van der Waals surface area contributed by atoms with E-state index >= 15 is 0 Å². The zero-order valence-corrected chi connectivity index (χ0v) is 16.6. The van der Waals surface area contributed by atoms with Crippen LogP contribution in [-0.4, -0.2) is 3.21 Å². The van der Waals surface area contributed by atoms with Crippen LogP contribution in [0.25, 0.3) is 0 Å². The van der Waals surface area contributed by atoms with Crippen LogP contribution in [0.2, 0.25) is 7.25 Å². The average molecular weight is 372 g/mol. The summed E-state index contributed by atoms with van der Waals surface area (Å²) in [5.41, 5.74) is 7.21. The topological polar surface area (TPSA) is 0 Å². The van der Waals surface area contributed by atoms with E-state index in [4.69, 9.17) is 0 Å². The van der Waals surface area contributed by atoms with Crippen molar-refractivity contribution < 1.29 is 21.3 Å². The zero-order valence-electron chi connectivity index (χ0n) is 14.1. The van der Waals surface area contributed by atoms with Crippen LogP contribution in [0, 0.1) is 0 Å². The molecule has 0 N–H and O–H groups in total. The Balaban J connectivity index is 1.71. The summed E-state index contributed by atoms with van der Waals surface area (Å²) in [5, 5.41) is 0. The molecular formula is C21H28Zr. The van der Waals surface area contributed by atoms with Crippen LogP contribution < -0.4 is 0 Å². The molecule has 0 aromatic rings. The Kier molecular flexibility index (Phi) is 4.38. The van der Waals surface area contributed by atoms with Gasteiger partial charge in [0.1, 0.15) is 0 Å². The third-order valence-electron chi connectivity index (χ3n) is 6.09. The van der Waals surface area contributed by atoms with Crippen molar-refractivity contribution >= 4 is 3.21 Å². The Bertz CT molecular complexity index is 585. The van der Waals surface area contributed by atoms with Gasteiger partial charge >= 0.3 is 144 Å². The second kappa shape index (κ2) is 6.31. The fourth-order valence-corrected chi connectivity index (χ4v) is 14.0. The van der Waals surface area contributed by atoms with Crippen molar-refractivity contribution in [2.75, 3.05) is 0 Å². The molecule has 0 radical (unpaired) electrons. The van der Waals surface area contributed by atoms with E-state index in [2.05, 4.69) is 38.2 Å². The van der Waals surface area contributed by atoms with Crippen LogP contribution >= 0.6 is 0 Å². The van der Waals surface area contributed by atoms with Gasteiger partial charge in [0.15, 0.2) is 0 Å². The van der Waals surface area contributed by atoms with Gasteiger partial charge in [-0.15, -0.1) is 0 Å². The van der Waals surface area contributed by atoms with Crippen LogP contribution in [0.15, 0.2) is 46.6 Å². The van der Waals surface area contributed by atoms with Gasteiger partial charge < -0.3 is 0 Å². The maximum atomic E-state index is 2.63. The normalized spacial score (nSPS) is 29.9. The molecule has 0 heterocycles. The van der Waals surface area contributed by atoms with E-state index in [-0.39, 0.29) is 0 Å². The molecule has 0 nitrogen and oxygen atoms in total. The third-order valence-corrected chi connectivity index (χ3v) is 14.9. The molecule has 116 valence electrons. The molecule has 0 aromatic carbocycles. The molecule has 0 aliphatic heterocycles. The van der Waals surface area contributed by atoms with E-state index < -0.39 is 21.3 Å². The quantitative estimate of drug-likeness (QED) is 0.536. The molecule has 1 heteroatoms. The van der Waals surface area contributed by atoms with Gasteiger partial charge in [0, 0.05) is 0 Å². The Morgan fingerprint density at radius 1 is 0.773 bits per heavy atom. The summed E-state index contributed by atoms with van der Waals surface area (Å²) in [6, 6.07) is 0. The van der Waals surface area contributed by atoms with E-state index in [1.807, 2.05) is 14.4 Å². The van der Waals surface area contributed by atoms with Crippen molar-refractivity contribution in [2.45, 2.75) is 72.5 Å². The second-order valence-electron chi connectivity index (χ2n) is 7.64. The Hall–Kier alpha value is -0.287. The van der Waals surface area contributed by atoms with Crippen molar-refractivity contribution in [1.29, 1.82) is 0 Å². The van der Waals surface area contributed by atoms with Gasteiger partial charge in [-0.2, -0.15) is 0 Å². The van der Waals surface area contributed by atoms with E-state index in [0.29, 0.717) is 0 Å². The van der Waals surface area contributed by atoms with Crippen LogP contribution in [-0.2, 0) is 21.3 Å². The number of hydrogen-bond acceptors (Lipinski definition) is 0. The average Bonchev–Trinajstić information content (AvgIpc) is 3.13. The van der Waals surface area contributed by atoms with Crippen LogP contribution in [0.5, 0.6) is 0 Å². The fraction of sp³-hybridized carbons (Fsp3) is 0.571. The maximum absolute atomic E-state index is 2.63. The molecule has 4 aliphatic carbocycles. The van der Waals surface area contributed by atoms with Crippen LogP contribution in [0.4, 0.5) is 0 Å². The summed E-state index contributed by atoms with van der Waals surface area (Å²) in [5.74, 6) is 0. The molecule has 0 saturated carbocycles. The molecule has 4 aliphatic rings. The van der Waals surface area contributed by atoms with E-state index in [0.717, 1.165) is 7.25 Å². The Labute approximate surface area is 143 Å². The summed E-state index contributed by atoms with van der Waals surface area (Å²) in [6.07, 6.45) is 21.5. The Morgan fingerprint density at radius 2 is 1.23 bits per heavy atom. The molecule has 0 amide bonds. The first kappa shape index (κ1) is 15.3. The van der Waals surface area contributed by atoms with E-state index in [1.165, 1.54) is 51.4 Å². The van der Waals surface area contributed by atoms with Gasteiger partial charge in [-0.05, 0) is 0 Å². The van der Waals surface area contributed by atoms with Gasteiger partial charge in [-0.1, -0.05) is 0 Å². The summed E-state index contributed by atoms with van der Waals surface area (Å²) in [6.45, 7) is 4.92. The van der Waals surface area contributed by atoms with Crippen LogP contribution in [0.3, 0.4) is 0 Å². The van der Waals surface area contributed by atoms with Crippen molar-refractivity contribution in [3.05, 3.63) is 46.6 Å². The van der Waals surface area contributed by atoms with Crippen LogP contribution in [0.1, 0.15) is 65.2 Å². The van der Waals surface area contributed by atoms with Crippen molar-refractivity contribution in [3.63, 3.8) is 0 Å². The van der Waals surface area contributed by atoms with Gasteiger partial charge in [-0.3, -0.25) is 0 Å². The summed E-state index contributed by atoms with van der Waals surface area (Å²) in [4.78, 5) is 0. The molecule has 0 fully saturated rings. The molecule has 0 aromatic heterocycles. The predicted molar refractivity (Wildman–Crippen MR) is 93.1 cm³/mol. The van der Waals surface area contributed by atoms with Crippen molar-refractivity contribution in [2.24, 2.45) is 0 Å². The minimum absolute atomic E-state index is 0.881. The molecule has 22 heavy (non-hydrogen) atoms. The van der Waals surface area contributed by atoms with E-state index in [1.54, 1.807) is 11.1 Å². The summed E-state index contributed by atoms with van der Waals surface area (Å²) >= 11 is -1.67. The number of hydrogen-bond donors (Lipinski definition) is 0. The first-order valence-corrected chi connectivity index (χ1v) is 13.3. The minimum atomic E-state index is -1.67. The standard InChI is InChI=1S/2C9H11.C3H6.Zr/c2*1-2-5-9-7-3-6-8(9)4-1;1-3-2;/h2*3,6-7H,1-2,4-5H2;1-2H3;. The van der Waals surface area contributed by atoms with Gasteiger partial charge in [0.05, 0.1) is 0 Å². The predicted octanol–water partition coefficient (Wildman–Crippen LogP) is 6.27. The van der Waals surface area contributed by atoms with Crippen molar-refractivity contribution in [1.82, 2.24) is 0 Å². The summed E-state index contributed by atoms with van der Waals surface area (Å²) in [7, 11) is 0. The molecule has 2 unspecified atom stereocenters. The van der Waals surface area contributed by atoms with Crippen molar-refractivity contribution in [3.8, 4) is 0 Å². The second-order valence-corrected chi connectivity index (χ2v) is 15.4. The Morgan fingerprint density at radius 3 is 1.68 bits per heavy atom. The molecule has 2 atom stereocenters. The number of allylic oxidation sites excluding steroid dienone is 8. The van der Waals surface area contributed by atoms with E-state index in [9.17, 15) is 0 Å². The molecule has 4 rings (SSSR count). The van der Waals surface area contributed by atoms with Gasteiger partial charge in [0.25, 0.3) is 0 Å². The summed E-state index contributed by atoms with van der Waals surface area (Å²) < 4.78 is 3.59. The molecule has 0 spiro atoms. The SMILES string of the molecule is C[C](C)=[Zr]([CH]1C=CC2=C1CCCC2)[CH]1C=CC2=C1CCCC2. The zero-order chi connectivity index (χ0) is 15.1. The molecule has 0 bridgehead atoms.